The van der Waals surface area contributed by atoms with Gasteiger partial charge in [-0.1, -0.05) is 0 Å². The zero-order valence-corrected chi connectivity index (χ0v) is 12.4. The summed E-state index contributed by atoms with van der Waals surface area (Å²) in [7, 11) is -2.94. The number of rotatable bonds is 5. The lowest BCUT2D eigenvalue weighted by atomic mass is 10.1. The molecule has 0 amide bonds. The molecule has 0 radical (unpaired) electrons. The van der Waals surface area contributed by atoms with Crippen LogP contribution < -0.4 is 5.32 Å². The smallest absolute Gasteiger partial charge is 0.155 e. The first-order chi connectivity index (χ1) is 6.96. The van der Waals surface area contributed by atoms with Crippen molar-refractivity contribution in [2.24, 2.45) is 0 Å². The molecule has 0 aromatic carbocycles. The van der Waals surface area contributed by atoms with Gasteiger partial charge in [0.2, 0.25) is 0 Å². The van der Waals surface area contributed by atoms with Gasteiger partial charge in [0.05, 0.1) is 10.5 Å². The Kier molecular flexibility index (Phi) is 5.47. The summed E-state index contributed by atoms with van der Waals surface area (Å²) in [6.45, 7) is 12.5. The summed E-state index contributed by atoms with van der Waals surface area (Å²) in [5, 5.41) is 3.35. The second kappa shape index (κ2) is 5.50. The van der Waals surface area contributed by atoms with Crippen molar-refractivity contribution in [1.29, 1.82) is 0 Å². The number of sulfone groups is 1. The van der Waals surface area contributed by atoms with Crippen LogP contribution in [0.1, 0.15) is 54.4 Å². The lowest BCUT2D eigenvalue weighted by molar-refractivity contribution is 0.421. The standard InChI is InChI=1S/C12H27NO2S/c1-11(2,3)13-9-7-8-10-16(14,15)12(4,5)6/h13H,7-10H2,1-6H3. The molecule has 0 spiro atoms. The van der Waals surface area contributed by atoms with Crippen molar-refractivity contribution in [3.63, 3.8) is 0 Å². The highest BCUT2D eigenvalue weighted by molar-refractivity contribution is 7.92. The molecule has 0 saturated heterocycles. The van der Waals surface area contributed by atoms with Crippen molar-refractivity contribution in [3.05, 3.63) is 0 Å². The van der Waals surface area contributed by atoms with Crippen LogP contribution in [0.15, 0.2) is 0 Å². The molecule has 4 heteroatoms. The van der Waals surface area contributed by atoms with Crippen LogP contribution in [0.5, 0.6) is 0 Å². The number of hydrogen-bond donors (Lipinski definition) is 1. The molecule has 16 heavy (non-hydrogen) atoms. The SMILES string of the molecule is CC(C)(C)NCCCCS(=O)(=O)C(C)(C)C. The summed E-state index contributed by atoms with van der Waals surface area (Å²) >= 11 is 0. The zero-order chi connectivity index (χ0) is 13.0. The molecular formula is C12H27NO2S. The van der Waals surface area contributed by atoms with Crippen molar-refractivity contribution >= 4 is 9.84 Å². The highest BCUT2D eigenvalue weighted by atomic mass is 32.2. The molecular weight excluding hydrogens is 222 g/mol. The zero-order valence-electron chi connectivity index (χ0n) is 11.6. The van der Waals surface area contributed by atoms with Crippen molar-refractivity contribution in [3.8, 4) is 0 Å². The number of nitrogens with one attached hydrogen (secondary N) is 1. The van der Waals surface area contributed by atoms with Crippen molar-refractivity contribution in [2.75, 3.05) is 12.3 Å². The molecule has 0 heterocycles. The van der Waals surface area contributed by atoms with Crippen LogP contribution in [0, 0.1) is 0 Å². The predicted molar refractivity (Wildman–Crippen MR) is 70.5 cm³/mol. The predicted octanol–water partition coefficient (Wildman–Crippen LogP) is 2.37. The second-order valence-corrected chi connectivity index (χ2v) is 9.18. The molecule has 1 N–H and O–H groups in total. The Morgan fingerprint density at radius 1 is 0.938 bits per heavy atom. The van der Waals surface area contributed by atoms with E-state index in [-0.39, 0.29) is 5.54 Å². The van der Waals surface area contributed by atoms with E-state index >= 15 is 0 Å². The number of unbranched alkanes of at least 4 members (excludes halogenated alkanes) is 1. The first kappa shape index (κ1) is 15.9. The van der Waals surface area contributed by atoms with E-state index in [1.807, 2.05) is 0 Å². The van der Waals surface area contributed by atoms with Gasteiger partial charge < -0.3 is 5.32 Å². The van der Waals surface area contributed by atoms with Gasteiger partial charge in [-0.3, -0.25) is 0 Å². The van der Waals surface area contributed by atoms with E-state index in [2.05, 4.69) is 26.1 Å². The van der Waals surface area contributed by atoms with Crippen LogP contribution in [-0.2, 0) is 9.84 Å². The molecule has 0 atom stereocenters. The Morgan fingerprint density at radius 2 is 1.44 bits per heavy atom. The maximum Gasteiger partial charge on any atom is 0.155 e. The summed E-state index contributed by atoms with van der Waals surface area (Å²) in [6, 6.07) is 0. The largest absolute Gasteiger partial charge is 0.312 e. The minimum atomic E-state index is -2.94. The lowest BCUT2D eigenvalue weighted by Gasteiger charge is -2.21. The molecule has 0 aromatic rings. The van der Waals surface area contributed by atoms with E-state index in [9.17, 15) is 8.42 Å². The van der Waals surface area contributed by atoms with Crippen molar-refractivity contribution < 1.29 is 8.42 Å². The van der Waals surface area contributed by atoms with E-state index in [1.165, 1.54) is 0 Å². The van der Waals surface area contributed by atoms with Gasteiger partial charge in [-0.05, 0) is 60.9 Å². The Morgan fingerprint density at radius 3 is 1.81 bits per heavy atom. The minimum Gasteiger partial charge on any atom is -0.312 e. The molecule has 0 saturated carbocycles. The van der Waals surface area contributed by atoms with Crippen LogP contribution in [0.2, 0.25) is 0 Å². The van der Waals surface area contributed by atoms with Crippen LogP contribution in [0.25, 0.3) is 0 Å². The summed E-state index contributed by atoms with van der Waals surface area (Å²) in [4.78, 5) is 0. The Labute approximate surface area is 101 Å². The maximum absolute atomic E-state index is 11.8. The van der Waals surface area contributed by atoms with E-state index in [4.69, 9.17) is 0 Å². The molecule has 0 unspecified atom stereocenters. The third-order valence-corrected chi connectivity index (χ3v) is 5.12. The highest BCUT2D eigenvalue weighted by Gasteiger charge is 2.27. The van der Waals surface area contributed by atoms with Gasteiger partial charge in [0.15, 0.2) is 9.84 Å². The second-order valence-electron chi connectivity index (χ2n) is 6.32. The fourth-order valence-corrected chi connectivity index (χ4v) is 2.38. The molecule has 98 valence electrons. The van der Waals surface area contributed by atoms with Gasteiger partial charge >= 0.3 is 0 Å². The summed E-state index contributed by atoms with van der Waals surface area (Å²) in [6.07, 6.45) is 1.65. The average molecular weight is 249 g/mol. The minimum absolute atomic E-state index is 0.114. The first-order valence-electron chi connectivity index (χ1n) is 5.93. The van der Waals surface area contributed by atoms with Gasteiger partial charge in [0, 0.05) is 5.54 Å². The topological polar surface area (TPSA) is 46.2 Å². The third-order valence-electron chi connectivity index (χ3n) is 2.43. The van der Waals surface area contributed by atoms with Gasteiger partial charge in [0.1, 0.15) is 0 Å². The van der Waals surface area contributed by atoms with Gasteiger partial charge in [-0.2, -0.15) is 0 Å². The molecule has 0 rings (SSSR count). The molecule has 0 aliphatic rings. The first-order valence-corrected chi connectivity index (χ1v) is 7.58. The highest BCUT2D eigenvalue weighted by Crippen LogP contribution is 2.17. The number of hydrogen-bond acceptors (Lipinski definition) is 3. The van der Waals surface area contributed by atoms with E-state index in [0.717, 1.165) is 19.4 Å². The fourth-order valence-electron chi connectivity index (χ4n) is 1.19. The van der Waals surface area contributed by atoms with Crippen molar-refractivity contribution in [2.45, 2.75) is 64.7 Å². The Balaban J connectivity index is 3.85. The van der Waals surface area contributed by atoms with Crippen LogP contribution in [0.3, 0.4) is 0 Å². The quantitative estimate of drug-likeness (QED) is 0.761. The molecule has 0 aliphatic heterocycles. The monoisotopic (exact) mass is 249 g/mol. The van der Waals surface area contributed by atoms with Gasteiger partial charge in [0.25, 0.3) is 0 Å². The normalized spacial score (nSPS) is 14.1. The van der Waals surface area contributed by atoms with E-state index < -0.39 is 14.6 Å². The Bertz CT molecular complexity index is 294. The molecule has 0 fully saturated rings. The summed E-state index contributed by atoms with van der Waals surface area (Å²) < 4.78 is 23.0. The molecule has 3 nitrogen and oxygen atoms in total. The van der Waals surface area contributed by atoms with E-state index in [0.29, 0.717) is 5.75 Å². The van der Waals surface area contributed by atoms with E-state index in [1.54, 1.807) is 20.8 Å². The maximum atomic E-state index is 11.8. The fraction of sp³-hybridized carbons (Fsp3) is 1.00. The lowest BCUT2D eigenvalue weighted by Crippen LogP contribution is -2.36. The van der Waals surface area contributed by atoms with Crippen molar-refractivity contribution in [1.82, 2.24) is 5.32 Å². The third kappa shape index (κ3) is 6.48. The van der Waals surface area contributed by atoms with Gasteiger partial charge in [-0.25, -0.2) is 8.42 Å². The summed E-state index contributed by atoms with van der Waals surface area (Å²) in [5.41, 5.74) is 0.114. The summed E-state index contributed by atoms with van der Waals surface area (Å²) in [5.74, 6) is 0.294. The van der Waals surface area contributed by atoms with Crippen LogP contribution >= 0.6 is 0 Å². The molecule has 0 aromatic heterocycles. The molecule has 0 aliphatic carbocycles. The van der Waals surface area contributed by atoms with Crippen LogP contribution in [0.4, 0.5) is 0 Å². The van der Waals surface area contributed by atoms with Gasteiger partial charge in [-0.15, -0.1) is 0 Å². The molecule has 0 bridgehead atoms. The Hall–Kier alpha value is -0.0900. The average Bonchev–Trinajstić information content (AvgIpc) is 1.98. The van der Waals surface area contributed by atoms with Crippen LogP contribution in [-0.4, -0.2) is 31.0 Å².